The van der Waals surface area contributed by atoms with E-state index in [1.807, 2.05) is 17.8 Å². The Hall–Kier alpha value is -1.09. The predicted molar refractivity (Wildman–Crippen MR) is 63.7 cm³/mol. The van der Waals surface area contributed by atoms with Gasteiger partial charge in [-0.25, -0.2) is 0 Å². The number of hydrogen-bond acceptors (Lipinski definition) is 2. The molecular weight excluding hydrogens is 186 g/mol. The van der Waals surface area contributed by atoms with E-state index in [9.17, 15) is 0 Å². The first-order chi connectivity index (χ1) is 7.22. The highest BCUT2D eigenvalue weighted by molar-refractivity contribution is 4.99. The molecule has 1 aromatic heterocycles. The molecule has 1 N–H and O–H groups in total. The molecule has 0 atom stereocenters. The normalized spacial score (nSPS) is 10.5. The zero-order chi connectivity index (χ0) is 11.1. The zero-order valence-electron chi connectivity index (χ0n) is 9.79. The largest absolute Gasteiger partial charge is 0.311 e. The average Bonchev–Trinajstić information content (AvgIpc) is 2.63. The fourth-order valence-corrected chi connectivity index (χ4v) is 1.32. The van der Waals surface area contributed by atoms with Crippen molar-refractivity contribution in [2.24, 2.45) is 0 Å². The number of nitrogens with one attached hydrogen (secondary N) is 1. The lowest BCUT2D eigenvalue weighted by molar-refractivity contribution is 0.589. The first-order valence-corrected chi connectivity index (χ1v) is 5.59. The molecule has 0 bridgehead atoms. The molecular formula is C12H21N3. The van der Waals surface area contributed by atoms with Crippen molar-refractivity contribution >= 4 is 0 Å². The van der Waals surface area contributed by atoms with Crippen LogP contribution in [0.5, 0.6) is 0 Å². The van der Waals surface area contributed by atoms with Gasteiger partial charge in [0.1, 0.15) is 0 Å². The molecule has 0 saturated heterocycles. The topological polar surface area (TPSA) is 29.9 Å². The van der Waals surface area contributed by atoms with Gasteiger partial charge in [-0.3, -0.25) is 4.68 Å². The zero-order valence-corrected chi connectivity index (χ0v) is 9.79. The summed E-state index contributed by atoms with van der Waals surface area (Å²) in [6, 6.07) is 2.07. The third-order valence-electron chi connectivity index (χ3n) is 2.20. The predicted octanol–water partition coefficient (Wildman–Crippen LogP) is 2.35. The van der Waals surface area contributed by atoms with E-state index >= 15 is 0 Å². The minimum atomic E-state index is 0.869. The summed E-state index contributed by atoms with van der Waals surface area (Å²) in [6.07, 6.45) is 4.20. The number of allylic oxidation sites excluding steroid dienone is 1. The molecule has 0 spiro atoms. The number of rotatable bonds is 7. The van der Waals surface area contributed by atoms with Crippen molar-refractivity contribution in [1.82, 2.24) is 15.1 Å². The quantitative estimate of drug-likeness (QED) is 0.549. The van der Waals surface area contributed by atoms with Gasteiger partial charge >= 0.3 is 0 Å². The molecule has 15 heavy (non-hydrogen) atoms. The summed E-state index contributed by atoms with van der Waals surface area (Å²) in [5.74, 6) is 0. The van der Waals surface area contributed by atoms with Crippen LogP contribution in [-0.2, 0) is 13.1 Å². The van der Waals surface area contributed by atoms with Crippen molar-refractivity contribution in [3.05, 3.63) is 30.1 Å². The van der Waals surface area contributed by atoms with E-state index < -0.39 is 0 Å². The monoisotopic (exact) mass is 207 g/mol. The SMILES string of the molecule is C=C(C)CCn1ccc(CNCCC)n1. The minimum absolute atomic E-state index is 0.869. The molecule has 0 aliphatic carbocycles. The highest BCUT2D eigenvalue weighted by atomic mass is 15.3. The van der Waals surface area contributed by atoms with Gasteiger partial charge in [-0.15, -0.1) is 6.58 Å². The van der Waals surface area contributed by atoms with Crippen molar-refractivity contribution in [2.45, 2.75) is 39.8 Å². The van der Waals surface area contributed by atoms with E-state index in [4.69, 9.17) is 0 Å². The molecule has 1 rings (SSSR count). The number of nitrogens with zero attached hydrogens (tertiary/aromatic N) is 2. The fourth-order valence-electron chi connectivity index (χ4n) is 1.32. The minimum Gasteiger partial charge on any atom is -0.311 e. The highest BCUT2D eigenvalue weighted by Gasteiger charge is 1.98. The molecule has 3 heteroatoms. The first kappa shape index (κ1) is 12.0. The van der Waals surface area contributed by atoms with Gasteiger partial charge in [0.2, 0.25) is 0 Å². The Balaban J connectivity index is 2.32. The molecule has 0 aliphatic heterocycles. The van der Waals surface area contributed by atoms with E-state index in [1.165, 1.54) is 5.57 Å². The van der Waals surface area contributed by atoms with Gasteiger partial charge in [0.05, 0.1) is 5.69 Å². The Morgan fingerprint density at radius 1 is 1.60 bits per heavy atom. The lowest BCUT2D eigenvalue weighted by Gasteiger charge is -2.01. The van der Waals surface area contributed by atoms with E-state index in [0.29, 0.717) is 0 Å². The highest BCUT2D eigenvalue weighted by Crippen LogP contribution is 2.01. The van der Waals surface area contributed by atoms with Gasteiger partial charge < -0.3 is 5.32 Å². The summed E-state index contributed by atoms with van der Waals surface area (Å²) in [7, 11) is 0. The maximum absolute atomic E-state index is 4.47. The lowest BCUT2D eigenvalue weighted by Crippen LogP contribution is -2.14. The van der Waals surface area contributed by atoms with Gasteiger partial charge in [0, 0.05) is 19.3 Å². The van der Waals surface area contributed by atoms with Gasteiger partial charge in [-0.2, -0.15) is 5.10 Å². The van der Waals surface area contributed by atoms with E-state index in [1.54, 1.807) is 0 Å². The summed E-state index contributed by atoms with van der Waals surface area (Å²) >= 11 is 0. The second-order valence-corrected chi connectivity index (χ2v) is 3.95. The van der Waals surface area contributed by atoms with Crippen LogP contribution in [0.25, 0.3) is 0 Å². The van der Waals surface area contributed by atoms with Gasteiger partial charge in [0.25, 0.3) is 0 Å². The molecule has 0 aliphatic rings. The van der Waals surface area contributed by atoms with Crippen LogP contribution in [0.4, 0.5) is 0 Å². The molecule has 0 unspecified atom stereocenters. The van der Waals surface area contributed by atoms with Crippen molar-refractivity contribution in [2.75, 3.05) is 6.54 Å². The van der Waals surface area contributed by atoms with Gasteiger partial charge in [0.15, 0.2) is 0 Å². The van der Waals surface area contributed by atoms with Crippen LogP contribution >= 0.6 is 0 Å². The smallest absolute Gasteiger partial charge is 0.0762 e. The van der Waals surface area contributed by atoms with E-state index in [0.717, 1.165) is 38.2 Å². The summed E-state index contributed by atoms with van der Waals surface area (Å²) < 4.78 is 1.98. The molecule has 0 saturated carbocycles. The van der Waals surface area contributed by atoms with Crippen LogP contribution in [0.3, 0.4) is 0 Å². The van der Waals surface area contributed by atoms with Crippen LogP contribution in [-0.4, -0.2) is 16.3 Å². The Morgan fingerprint density at radius 2 is 2.40 bits per heavy atom. The van der Waals surface area contributed by atoms with Gasteiger partial charge in [-0.05, 0) is 32.4 Å². The van der Waals surface area contributed by atoms with Crippen molar-refractivity contribution in [1.29, 1.82) is 0 Å². The van der Waals surface area contributed by atoms with Crippen LogP contribution in [0.2, 0.25) is 0 Å². The molecule has 84 valence electrons. The van der Waals surface area contributed by atoms with Crippen molar-refractivity contribution < 1.29 is 0 Å². The Kier molecular flexibility index (Phi) is 5.12. The molecule has 1 aromatic rings. The summed E-state index contributed by atoms with van der Waals surface area (Å²) in [6.45, 7) is 11.0. The molecule has 0 fully saturated rings. The van der Waals surface area contributed by atoms with Gasteiger partial charge in [-0.1, -0.05) is 12.5 Å². The molecule has 0 amide bonds. The second-order valence-electron chi connectivity index (χ2n) is 3.95. The summed E-state index contributed by atoms with van der Waals surface area (Å²) in [4.78, 5) is 0. The Morgan fingerprint density at radius 3 is 3.07 bits per heavy atom. The first-order valence-electron chi connectivity index (χ1n) is 5.59. The Bertz CT molecular complexity index is 302. The third kappa shape index (κ3) is 4.79. The molecule has 0 aromatic carbocycles. The average molecular weight is 207 g/mol. The van der Waals surface area contributed by atoms with Crippen molar-refractivity contribution in [3.63, 3.8) is 0 Å². The molecule has 1 heterocycles. The van der Waals surface area contributed by atoms with Crippen LogP contribution in [0.1, 0.15) is 32.4 Å². The van der Waals surface area contributed by atoms with Crippen LogP contribution < -0.4 is 5.32 Å². The third-order valence-corrected chi connectivity index (χ3v) is 2.20. The van der Waals surface area contributed by atoms with E-state index in [2.05, 4.69) is 30.0 Å². The summed E-state index contributed by atoms with van der Waals surface area (Å²) in [5.41, 5.74) is 2.32. The number of aryl methyl sites for hydroxylation is 1. The Labute approximate surface area is 92.2 Å². The standard InChI is InChI=1S/C12H21N3/c1-4-7-13-10-12-6-9-15(14-12)8-5-11(2)3/h6,9,13H,2,4-5,7-8,10H2,1,3H3. The lowest BCUT2D eigenvalue weighted by atomic mass is 10.2. The van der Waals surface area contributed by atoms with Crippen LogP contribution in [0, 0.1) is 0 Å². The summed E-state index contributed by atoms with van der Waals surface area (Å²) in [5, 5.41) is 7.80. The second kappa shape index (κ2) is 6.40. The fraction of sp³-hybridized carbons (Fsp3) is 0.583. The number of hydrogen-bond donors (Lipinski definition) is 1. The maximum atomic E-state index is 4.47. The van der Waals surface area contributed by atoms with Crippen LogP contribution in [0.15, 0.2) is 24.4 Å². The van der Waals surface area contributed by atoms with Crippen molar-refractivity contribution in [3.8, 4) is 0 Å². The molecule has 3 nitrogen and oxygen atoms in total. The number of aromatic nitrogens is 2. The maximum Gasteiger partial charge on any atom is 0.0762 e. The molecule has 0 radical (unpaired) electrons. The van der Waals surface area contributed by atoms with E-state index in [-0.39, 0.29) is 0 Å².